The summed E-state index contributed by atoms with van der Waals surface area (Å²) in [4.78, 5) is 1.01. The Kier molecular flexibility index (Phi) is 3.15. The van der Waals surface area contributed by atoms with E-state index in [1.807, 2.05) is 39.0 Å². The summed E-state index contributed by atoms with van der Waals surface area (Å²) in [5.74, 6) is 0.858. The predicted octanol–water partition coefficient (Wildman–Crippen LogP) is 3.99. The molecule has 0 aliphatic heterocycles. The second-order valence-corrected chi connectivity index (χ2v) is 6.44. The van der Waals surface area contributed by atoms with E-state index in [9.17, 15) is 5.11 Å². The number of hydrogen-bond acceptors (Lipinski definition) is 3. The molecule has 1 aromatic heterocycles. The minimum atomic E-state index is -0.425. The molecule has 1 atom stereocenters. The second-order valence-electron chi connectivity index (χ2n) is 5.32. The maximum absolute atomic E-state index is 10.3. The van der Waals surface area contributed by atoms with Gasteiger partial charge in [-0.2, -0.15) is 0 Å². The molecule has 3 heteroatoms. The van der Waals surface area contributed by atoms with Crippen LogP contribution in [0.1, 0.15) is 31.8 Å². The van der Waals surface area contributed by atoms with Crippen molar-refractivity contribution in [1.29, 1.82) is 0 Å². The summed E-state index contributed by atoms with van der Waals surface area (Å²) in [6.45, 7) is 6.13. The number of hydrogen-bond donors (Lipinski definition) is 1. The van der Waals surface area contributed by atoms with Gasteiger partial charge in [-0.05, 0) is 35.1 Å². The van der Waals surface area contributed by atoms with Gasteiger partial charge in [0.2, 0.25) is 0 Å². The van der Waals surface area contributed by atoms with E-state index in [0.29, 0.717) is 0 Å². The first kappa shape index (κ1) is 12.4. The molecule has 0 saturated carbocycles. The van der Waals surface area contributed by atoms with Crippen LogP contribution in [0.2, 0.25) is 0 Å². The average Bonchev–Trinajstić information content (AvgIpc) is 2.68. The fraction of sp³-hybridized carbons (Fsp3) is 0.429. The van der Waals surface area contributed by atoms with Crippen molar-refractivity contribution in [3.8, 4) is 5.75 Å². The zero-order valence-electron chi connectivity index (χ0n) is 10.7. The van der Waals surface area contributed by atoms with Gasteiger partial charge in [-0.15, -0.1) is 11.3 Å². The van der Waals surface area contributed by atoms with Crippen LogP contribution in [0.3, 0.4) is 0 Å². The molecule has 2 aromatic rings. The molecule has 0 saturated heterocycles. The Morgan fingerprint density at radius 2 is 1.94 bits per heavy atom. The van der Waals surface area contributed by atoms with E-state index in [-0.39, 0.29) is 5.41 Å². The van der Waals surface area contributed by atoms with Crippen LogP contribution in [0.5, 0.6) is 5.75 Å². The molecule has 1 N–H and O–H groups in total. The van der Waals surface area contributed by atoms with Crippen molar-refractivity contribution < 1.29 is 9.84 Å². The van der Waals surface area contributed by atoms with E-state index in [1.54, 1.807) is 18.4 Å². The zero-order valence-corrected chi connectivity index (χ0v) is 11.5. The highest BCUT2D eigenvalue weighted by Crippen LogP contribution is 2.39. The van der Waals surface area contributed by atoms with Crippen molar-refractivity contribution in [3.63, 3.8) is 0 Å². The Morgan fingerprint density at radius 1 is 1.24 bits per heavy atom. The molecule has 2 nitrogen and oxygen atoms in total. The number of ether oxygens (including phenoxy) is 1. The molecule has 0 spiro atoms. The number of methoxy groups -OCH3 is 1. The third kappa shape index (κ3) is 2.45. The van der Waals surface area contributed by atoms with Crippen LogP contribution in [0.25, 0.3) is 10.1 Å². The molecule has 0 amide bonds. The lowest BCUT2D eigenvalue weighted by Crippen LogP contribution is -2.16. The molecule has 0 aliphatic rings. The van der Waals surface area contributed by atoms with Gasteiger partial charge in [-0.25, -0.2) is 0 Å². The third-order valence-electron chi connectivity index (χ3n) is 2.84. The monoisotopic (exact) mass is 250 g/mol. The molecule has 2 rings (SSSR count). The van der Waals surface area contributed by atoms with E-state index in [2.05, 4.69) is 6.07 Å². The highest BCUT2D eigenvalue weighted by atomic mass is 32.1. The van der Waals surface area contributed by atoms with E-state index >= 15 is 0 Å². The minimum Gasteiger partial charge on any atom is -0.497 e. The van der Waals surface area contributed by atoms with E-state index in [0.717, 1.165) is 20.7 Å². The van der Waals surface area contributed by atoms with Gasteiger partial charge in [0.25, 0.3) is 0 Å². The molecule has 17 heavy (non-hydrogen) atoms. The fourth-order valence-corrected chi connectivity index (χ4v) is 3.05. The summed E-state index contributed by atoms with van der Waals surface area (Å²) in [5, 5.41) is 11.4. The van der Waals surface area contributed by atoms with Crippen molar-refractivity contribution in [2.24, 2.45) is 5.41 Å². The summed E-state index contributed by atoms with van der Waals surface area (Å²) in [6.07, 6.45) is -0.425. The van der Waals surface area contributed by atoms with Gasteiger partial charge >= 0.3 is 0 Å². The minimum absolute atomic E-state index is 0.134. The lowest BCUT2D eigenvalue weighted by Gasteiger charge is -2.24. The predicted molar refractivity (Wildman–Crippen MR) is 72.8 cm³/mol. The summed E-state index contributed by atoms with van der Waals surface area (Å²) in [5.41, 5.74) is -0.134. The number of aliphatic hydroxyl groups excluding tert-OH is 1. The molecular weight excluding hydrogens is 232 g/mol. The van der Waals surface area contributed by atoms with Crippen LogP contribution < -0.4 is 4.74 Å². The molecule has 0 aliphatic carbocycles. The quantitative estimate of drug-likeness (QED) is 0.873. The van der Waals surface area contributed by atoms with Gasteiger partial charge in [0.15, 0.2) is 0 Å². The van der Waals surface area contributed by atoms with Crippen LogP contribution in [0.4, 0.5) is 0 Å². The van der Waals surface area contributed by atoms with Crippen molar-refractivity contribution in [1.82, 2.24) is 0 Å². The summed E-state index contributed by atoms with van der Waals surface area (Å²) >= 11 is 1.63. The molecule has 1 unspecified atom stereocenters. The maximum Gasteiger partial charge on any atom is 0.120 e. The highest BCUT2D eigenvalue weighted by molar-refractivity contribution is 7.19. The van der Waals surface area contributed by atoms with Crippen LogP contribution in [0, 0.1) is 5.41 Å². The number of thiophene rings is 1. The molecule has 1 heterocycles. The Morgan fingerprint density at radius 3 is 2.53 bits per heavy atom. The van der Waals surface area contributed by atoms with Gasteiger partial charge in [-0.1, -0.05) is 20.8 Å². The molecule has 0 radical (unpaired) electrons. The molecule has 1 aromatic carbocycles. The summed E-state index contributed by atoms with van der Waals surface area (Å²) in [7, 11) is 1.67. The van der Waals surface area contributed by atoms with Crippen molar-refractivity contribution >= 4 is 21.4 Å². The SMILES string of the molecule is COc1ccc2cc(C(O)C(C)(C)C)sc2c1. The number of aliphatic hydroxyl groups is 1. The zero-order chi connectivity index (χ0) is 12.6. The Bertz CT molecular complexity index is 522. The smallest absolute Gasteiger partial charge is 0.120 e. The lowest BCUT2D eigenvalue weighted by atomic mass is 9.88. The van der Waals surface area contributed by atoms with Crippen LogP contribution in [-0.4, -0.2) is 12.2 Å². The van der Waals surface area contributed by atoms with Crippen LogP contribution >= 0.6 is 11.3 Å². The van der Waals surface area contributed by atoms with Gasteiger partial charge in [-0.3, -0.25) is 0 Å². The van der Waals surface area contributed by atoms with Gasteiger partial charge in [0, 0.05) is 9.58 Å². The first-order chi connectivity index (χ1) is 7.91. The fourth-order valence-electron chi connectivity index (χ4n) is 1.72. The van der Waals surface area contributed by atoms with Gasteiger partial charge < -0.3 is 9.84 Å². The maximum atomic E-state index is 10.3. The molecule has 0 fully saturated rings. The summed E-state index contributed by atoms with van der Waals surface area (Å²) < 4.78 is 6.36. The van der Waals surface area contributed by atoms with Crippen LogP contribution in [-0.2, 0) is 0 Å². The normalized spacial score (nSPS) is 13.9. The van der Waals surface area contributed by atoms with Gasteiger partial charge in [0.1, 0.15) is 5.75 Å². The van der Waals surface area contributed by atoms with Crippen molar-refractivity contribution in [2.45, 2.75) is 26.9 Å². The first-order valence-electron chi connectivity index (χ1n) is 5.67. The molecular formula is C14H18O2S. The van der Waals surface area contributed by atoms with E-state index < -0.39 is 6.10 Å². The first-order valence-corrected chi connectivity index (χ1v) is 6.49. The van der Waals surface area contributed by atoms with Crippen LogP contribution in [0.15, 0.2) is 24.3 Å². The second kappa shape index (κ2) is 4.31. The Balaban J connectivity index is 2.44. The average molecular weight is 250 g/mol. The van der Waals surface area contributed by atoms with E-state index in [4.69, 9.17) is 4.74 Å². The highest BCUT2D eigenvalue weighted by Gasteiger charge is 2.25. The van der Waals surface area contributed by atoms with Gasteiger partial charge in [0.05, 0.1) is 13.2 Å². The number of rotatable bonds is 2. The molecule has 92 valence electrons. The standard InChI is InChI=1S/C14H18O2S/c1-14(2,3)13(15)12-7-9-5-6-10(16-4)8-11(9)17-12/h5-8,13,15H,1-4H3. The number of benzene rings is 1. The Labute approximate surface area is 106 Å². The summed E-state index contributed by atoms with van der Waals surface area (Å²) in [6, 6.07) is 8.06. The number of fused-ring (bicyclic) bond motifs is 1. The van der Waals surface area contributed by atoms with E-state index in [1.165, 1.54) is 0 Å². The van der Waals surface area contributed by atoms with Crippen molar-refractivity contribution in [3.05, 3.63) is 29.1 Å². The Hall–Kier alpha value is -1.06. The third-order valence-corrected chi connectivity index (χ3v) is 3.99. The largest absolute Gasteiger partial charge is 0.497 e. The molecule has 0 bridgehead atoms. The topological polar surface area (TPSA) is 29.5 Å². The lowest BCUT2D eigenvalue weighted by molar-refractivity contribution is 0.0659. The van der Waals surface area contributed by atoms with Crippen molar-refractivity contribution in [2.75, 3.05) is 7.11 Å².